The summed E-state index contributed by atoms with van der Waals surface area (Å²) in [6.45, 7) is 6.27. The molecule has 0 rings (SSSR count). The minimum absolute atomic E-state index is 0.0508. The Morgan fingerprint density at radius 1 is 0.536 bits per heavy atom. The molecule has 0 spiro atoms. The largest absolute Gasteiger partial charge is 0.462 e. The number of hydrogen-bond acceptors (Lipinski definition) is 5. The molecule has 3 atom stereocenters. The Kier molecular flexibility index (Phi) is 41.3. The predicted octanol–water partition coefficient (Wildman–Crippen LogP) is 13.4. The molecule has 0 radical (unpaired) electrons. The highest BCUT2D eigenvalue weighted by Gasteiger charge is 2.24. The van der Waals surface area contributed by atoms with E-state index in [0.717, 1.165) is 103 Å². The lowest BCUT2D eigenvalue weighted by Crippen LogP contribution is -2.46. The van der Waals surface area contributed by atoms with E-state index in [1.54, 1.807) is 0 Å². The Morgan fingerprint density at radius 2 is 0.964 bits per heavy atom. The molecule has 0 fully saturated rings. The van der Waals surface area contributed by atoms with E-state index >= 15 is 0 Å². The van der Waals surface area contributed by atoms with Gasteiger partial charge in [-0.05, 0) is 70.6 Å². The van der Waals surface area contributed by atoms with Gasteiger partial charge in [0.25, 0.3) is 0 Å². The van der Waals surface area contributed by atoms with Crippen LogP contribution in [0.5, 0.6) is 0 Å². The van der Waals surface area contributed by atoms with Gasteiger partial charge in [-0.2, -0.15) is 0 Å². The topological polar surface area (TPSA) is 95.9 Å². The third-order valence-corrected chi connectivity index (χ3v) is 10.1. The molecule has 0 bridgehead atoms. The molecule has 0 aromatic heterocycles. The molecule has 0 saturated carbocycles. The summed E-state index contributed by atoms with van der Waals surface area (Å²) < 4.78 is 5.89. The van der Waals surface area contributed by atoms with Gasteiger partial charge < -0.3 is 20.3 Å². The first kappa shape index (κ1) is 53.3. The second kappa shape index (κ2) is 43.4. The molecule has 6 heteroatoms. The van der Waals surface area contributed by atoms with Crippen LogP contribution in [0.4, 0.5) is 0 Å². The molecule has 0 saturated heterocycles. The number of nitrogens with one attached hydrogen (secondary N) is 1. The maximum Gasteiger partial charge on any atom is 0.306 e. The van der Waals surface area contributed by atoms with Gasteiger partial charge in [0, 0.05) is 6.42 Å². The van der Waals surface area contributed by atoms with Gasteiger partial charge in [0.2, 0.25) is 5.91 Å². The van der Waals surface area contributed by atoms with E-state index < -0.39 is 18.2 Å². The maximum atomic E-state index is 13.1. The number of carbonyl (C=O) groups is 2. The number of aliphatic hydroxyl groups is 2. The van der Waals surface area contributed by atoms with Crippen LogP contribution in [0.25, 0.3) is 0 Å². The van der Waals surface area contributed by atoms with Gasteiger partial charge in [-0.1, -0.05) is 196 Å². The fourth-order valence-electron chi connectivity index (χ4n) is 6.61. The van der Waals surface area contributed by atoms with E-state index in [1.165, 1.54) is 57.8 Å². The summed E-state index contributed by atoms with van der Waals surface area (Å²) in [6, 6.07) is -0.714. The van der Waals surface area contributed by atoms with Gasteiger partial charge in [-0.3, -0.25) is 9.59 Å². The molecule has 0 aliphatic heterocycles. The van der Waals surface area contributed by atoms with Crippen LogP contribution in [-0.2, 0) is 14.3 Å². The summed E-state index contributed by atoms with van der Waals surface area (Å²) in [5.41, 5.74) is 0. The third-order valence-electron chi connectivity index (χ3n) is 10.1. The first-order valence-corrected chi connectivity index (χ1v) is 23.2. The minimum atomic E-state index is -0.798. The fraction of sp³-hybridized carbons (Fsp3) is 0.720. The molecule has 1 amide bonds. The highest BCUT2D eigenvalue weighted by molar-refractivity contribution is 5.77. The number of rotatable bonds is 40. The number of hydrogen-bond donors (Lipinski definition) is 3. The second-order valence-electron chi connectivity index (χ2n) is 15.5. The summed E-state index contributed by atoms with van der Waals surface area (Å²) in [4.78, 5) is 26.0. The fourth-order valence-corrected chi connectivity index (χ4v) is 6.61. The average molecular weight is 782 g/mol. The molecular formula is C50H87NO5. The zero-order valence-corrected chi connectivity index (χ0v) is 36.5. The van der Waals surface area contributed by atoms with Crippen molar-refractivity contribution in [3.05, 3.63) is 72.9 Å². The zero-order valence-electron chi connectivity index (χ0n) is 36.5. The van der Waals surface area contributed by atoms with Crippen molar-refractivity contribution in [3.8, 4) is 0 Å². The van der Waals surface area contributed by atoms with Gasteiger partial charge in [-0.25, -0.2) is 0 Å². The van der Waals surface area contributed by atoms with Crippen molar-refractivity contribution >= 4 is 11.9 Å². The number of carbonyl (C=O) groups excluding carboxylic acids is 2. The maximum absolute atomic E-state index is 13.1. The van der Waals surface area contributed by atoms with Crippen molar-refractivity contribution in [1.29, 1.82) is 0 Å². The van der Waals surface area contributed by atoms with Crippen LogP contribution >= 0.6 is 0 Å². The second-order valence-corrected chi connectivity index (χ2v) is 15.5. The first-order chi connectivity index (χ1) is 27.5. The van der Waals surface area contributed by atoms with E-state index in [9.17, 15) is 19.8 Å². The Hall–Kier alpha value is -2.70. The summed E-state index contributed by atoms with van der Waals surface area (Å²) in [7, 11) is 0. The summed E-state index contributed by atoms with van der Waals surface area (Å²) in [5, 5.41) is 23.6. The SMILES string of the molecule is CC/C=C/C=C/C=C/C=C\CCCCCCCC(=O)OC(CCCCCC/C=C/C=C/CCCCC)CC(=O)NC(CO)C(O)CCCCCCCCCCC. The molecule has 0 aliphatic carbocycles. The number of aliphatic hydroxyl groups excluding tert-OH is 2. The van der Waals surface area contributed by atoms with Gasteiger partial charge in [-0.15, -0.1) is 0 Å². The van der Waals surface area contributed by atoms with Gasteiger partial charge in [0.1, 0.15) is 6.10 Å². The van der Waals surface area contributed by atoms with Crippen molar-refractivity contribution in [2.45, 2.75) is 225 Å². The molecule has 0 heterocycles. The van der Waals surface area contributed by atoms with E-state index in [1.807, 2.05) is 18.2 Å². The number of unbranched alkanes of at least 4 members (excludes halogenated alkanes) is 20. The van der Waals surface area contributed by atoms with Crippen LogP contribution in [0, 0.1) is 0 Å². The Labute approximate surface area is 345 Å². The molecular weight excluding hydrogens is 695 g/mol. The van der Waals surface area contributed by atoms with Crippen LogP contribution in [0.15, 0.2) is 72.9 Å². The van der Waals surface area contributed by atoms with Crippen LogP contribution < -0.4 is 5.32 Å². The minimum Gasteiger partial charge on any atom is -0.462 e. The van der Waals surface area contributed by atoms with Gasteiger partial charge in [0.05, 0.1) is 25.2 Å². The van der Waals surface area contributed by atoms with Crippen LogP contribution in [0.2, 0.25) is 0 Å². The molecule has 322 valence electrons. The first-order valence-electron chi connectivity index (χ1n) is 23.2. The Balaban J connectivity index is 4.69. The third kappa shape index (κ3) is 38.2. The number of ether oxygens (including phenoxy) is 1. The highest BCUT2D eigenvalue weighted by Crippen LogP contribution is 2.17. The van der Waals surface area contributed by atoms with E-state index in [0.29, 0.717) is 19.3 Å². The predicted molar refractivity (Wildman–Crippen MR) is 241 cm³/mol. The monoisotopic (exact) mass is 782 g/mol. The molecule has 6 nitrogen and oxygen atoms in total. The van der Waals surface area contributed by atoms with Crippen molar-refractivity contribution in [2.24, 2.45) is 0 Å². The molecule has 0 aliphatic rings. The quantitative estimate of drug-likeness (QED) is 0.0327. The van der Waals surface area contributed by atoms with Crippen molar-refractivity contribution < 1.29 is 24.5 Å². The van der Waals surface area contributed by atoms with Gasteiger partial charge in [0.15, 0.2) is 0 Å². The highest BCUT2D eigenvalue weighted by atomic mass is 16.5. The lowest BCUT2D eigenvalue weighted by molar-refractivity contribution is -0.151. The number of esters is 1. The summed E-state index contributed by atoms with van der Waals surface area (Å²) >= 11 is 0. The molecule has 0 aromatic carbocycles. The molecule has 56 heavy (non-hydrogen) atoms. The molecule has 0 aromatic rings. The molecule has 3 N–H and O–H groups in total. The number of allylic oxidation sites excluding steroid dienone is 12. The lowest BCUT2D eigenvalue weighted by atomic mass is 10.0. The Bertz CT molecular complexity index is 1060. The lowest BCUT2D eigenvalue weighted by Gasteiger charge is -2.24. The smallest absolute Gasteiger partial charge is 0.306 e. The Morgan fingerprint density at radius 3 is 1.52 bits per heavy atom. The zero-order chi connectivity index (χ0) is 41.0. The van der Waals surface area contributed by atoms with E-state index in [2.05, 4.69) is 80.8 Å². The van der Waals surface area contributed by atoms with Crippen LogP contribution in [0.3, 0.4) is 0 Å². The van der Waals surface area contributed by atoms with Crippen LogP contribution in [0.1, 0.15) is 207 Å². The van der Waals surface area contributed by atoms with E-state index in [-0.39, 0.29) is 24.9 Å². The molecule has 3 unspecified atom stereocenters. The summed E-state index contributed by atoms with van der Waals surface area (Å²) in [6.07, 6.45) is 53.8. The van der Waals surface area contributed by atoms with Crippen molar-refractivity contribution in [1.82, 2.24) is 5.32 Å². The summed E-state index contributed by atoms with van der Waals surface area (Å²) in [5.74, 6) is -0.528. The normalized spacial score (nSPS) is 14.0. The van der Waals surface area contributed by atoms with Gasteiger partial charge >= 0.3 is 5.97 Å². The van der Waals surface area contributed by atoms with E-state index in [4.69, 9.17) is 4.74 Å². The average Bonchev–Trinajstić information content (AvgIpc) is 3.19. The standard InChI is InChI=1S/C50H87NO5/c1-4-7-10-13-16-19-21-23-24-26-28-31-34-37-40-43-50(55)56-46(41-38-35-32-30-27-25-22-20-17-14-11-8-5-2)44-49(54)51-47(45-52)48(53)42-39-36-33-29-18-15-12-9-6-3/h7,10,13,16-17,19-25,46-48,52-53H,4-6,8-9,11-12,14-15,18,26-45H2,1-3H3,(H,51,54)/b10-7+,16-13+,20-17+,21-19+,24-23-,25-22+. The van der Waals surface area contributed by atoms with Crippen LogP contribution in [-0.4, -0.2) is 46.9 Å². The van der Waals surface area contributed by atoms with Crippen molar-refractivity contribution in [3.63, 3.8) is 0 Å². The van der Waals surface area contributed by atoms with Crippen molar-refractivity contribution in [2.75, 3.05) is 6.61 Å². The number of amides is 1.